The number of para-hydroxylation sites is 1. The number of rotatable bonds is 2. The van der Waals surface area contributed by atoms with Crippen molar-refractivity contribution < 1.29 is 18.0 Å². The monoisotopic (exact) mass is 255 g/mol. The maximum Gasteiger partial charge on any atom is 0.432 e. The van der Waals surface area contributed by atoms with Gasteiger partial charge in [0, 0.05) is 12.4 Å². The zero-order valence-electron chi connectivity index (χ0n) is 10.0. The first-order valence-electron chi connectivity index (χ1n) is 5.54. The zero-order valence-corrected chi connectivity index (χ0v) is 10.0. The van der Waals surface area contributed by atoms with Gasteiger partial charge in [0.25, 0.3) is 0 Å². The first-order chi connectivity index (χ1) is 8.41. The Morgan fingerprint density at radius 2 is 2.00 bits per heavy atom. The molecule has 1 heterocycles. The van der Waals surface area contributed by atoms with E-state index in [-0.39, 0.29) is 11.8 Å². The number of carbonyl (C=O) groups is 1. The Bertz CT molecular complexity index is 611. The van der Waals surface area contributed by atoms with Crippen LogP contribution in [0.1, 0.15) is 28.5 Å². The highest BCUT2D eigenvalue weighted by molar-refractivity contribution is 6.00. The molecule has 96 valence electrons. The van der Waals surface area contributed by atoms with Gasteiger partial charge in [-0.3, -0.25) is 4.79 Å². The van der Waals surface area contributed by atoms with Gasteiger partial charge in [-0.05, 0) is 12.0 Å². The maximum absolute atomic E-state index is 13.0. The van der Waals surface area contributed by atoms with Gasteiger partial charge < -0.3 is 4.57 Å². The van der Waals surface area contributed by atoms with Gasteiger partial charge in [-0.15, -0.1) is 0 Å². The Balaban J connectivity index is 2.97. The van der Waals surface area contributed by atoms with Gasteiger partial charge in [0.2, 0.25) is 0 Å². The fourth-order valence-corrected chi connectivity index (χ4v) is 2.37. The lowest BCUT2D eigenvalue weighted by Crippen LogP contribution is -2.13. The summed E-state index contributed by atoms with van der Waals surface area (Å²) in [5, 5.41) is 0.360. The van der Waals surface area contributed by atoms with Crippen LogP contribution in [0.3, 0.4) is 0 Å². The van der Waals surface area contributed by atoms with Crippen molar-refractivity contribution in [1.29, 1.82) is 0 Å². The molecule has 0 amide bonds. The van der Waals surface area contributed by atoms with E-state index in [1.165, 1.54) is 7.05 Å². The number of aldehydes is 1. The minimum absolute atomic E-state index is 0.282. The smallest absolute Gasteiger partial charge is 0.339 e. The summed E-state index contributed by atoms with van der Waals surface area (Å²) in [5.41, 5.74) is 0.117. The standard InChI is InChI=1S/C13H12F3NO/c1-3-8-5-4-6-9-10(7-18)12(13(14,15)16)17(2)11(8)9/h4-7H,3H2,1-2H3. The van der Waals surface area contributed by atoms with Crippen LogP contribution in [0.4, 0.5) is 13.2 Å². The summed E-state index contributed by atoms with van der Waals surface area (Å²) >= 11 is 0. The second-order valence-corrected chi connectivity index (χ2v) is 4.10. The van der Waals surface area contributed by atoms with E-state index in [4.69, 9.17) is 0 Å². The largest absolute Gasteiger partial charge is 0.432 e. The molecule has 0 fully saturated rings. The quantitative estimate of drug-likeness (QED) is 0.752. The summed E-state index contributed by atoms with van der Waals surface area (Å²) in [5.74, 6) is 0. The van der Waals surface area contributed by atoms with Crippen LogP contribution in [-0.2, 0) is 19.6 Å². The van der Waals surface area contributed by atoms with Crippen LogP contribution in [0.15, 0.2) is 18.2 Å². The lowest BCUT2D eigenvalue weighted by molar-refractivity contribution is -0.143. The molecule has 0 bridgehead atoms. The average Bonchev–Trinajstić information content (AvgIpc) is 2.61. The Hall–Kier alpha value is -1.78. The molecule has 0 aliphatic rings. The molecule has 0 spiro atoms. The molecular formula is C13H12F3NO. The van der Waals surface area contributed by atoms with Crippen LogP contribution in [0.25, 0.3) is 10.9 Å². The molecular weight excluding hydrogens is 243 g/mol. The highest BCUT2D eigenvalue weighted by atomic mass is 19.4. The Morgan fingerprint density at radius 1 is 1.33 bits per heavy atom. The van der Waals surface area contributed by atoms with E-state index in [1.807, 2.05) is 6.92 Å². The van der Waals surface area contributed by atoms with Crippen molar-refractivity contribution >= 4 is 17.2 Å². The van der Waals surface area contributed by atoms with Crippen LogP contribution in [0, 0.1) is 0 Å². The van der Waals surface area contributed by atoms with Crippen molar-refractivity contribution in [1.82, 2.24) is 4.57 Å². The number of hydrogen-bond donors (Lipinski definition) is 0. The summed E-state index contributed by atoms with van der Waals surface area (Å²) in [7, 11) is 1.34. The fraction of sp³-hybridized carbons (Fsp3) is 0.308. The van der Waals surface area contributed by atoms with Crippen molar-refractivity contribution in [3.05, 3.63) is 35.0 Å². The van der Waals surface area contributed by atoms with Gasteiger partial charge in [0.15, 0.2) is 6.29 Å². The van der Waals surface area contributed by atoms with E-state index in [2.05, 4.69) is 0 Å². The summed E-state index contributed by atoms with van der Waals surface area (Å²) in [6, 6.07) is 5.00. The third-order valence-corrected chi connectivity index (χ3v) is 3.10. The third kappa shape index (κ3) is 1.70. The van der Waals surface area contributed by atoms with Crippen molar-refractivity contribution in [3.63, 3.8) is 0 Å². The number of hydrogen-bond acceptors (Lipinski definition) is 1. The molecule has 0 aliphatic heterocycles. The van der Waals surface area contributed by atoms with Crippen molar-refractivity contribution in [2.45, 2.75) is 19.5 Å². The molecule has 1 aromatic carbocycles. The molecule has 18 heavy (non-hydrogen) atoms. The normalized spacial score (nSPS) is 12.1. The van der Waals surface area contributed by atoms with Crippen LogP contribution in [0.5, 0.6) is 0 Å². The molecule has 0 N–H and O–H groups in total. The van der Waals surface area contributed by atoms with E-state index in [1.54, 1.807) is 18.2 Å². The minimum Gasteiger partial charge on any atom is -0.339 e. The van der Waals surface area contributed by atoms with E-state index in [0.29, 0.717) is 17.3 Å². The number of fused-ring (bicyclic) bond motifs is 1. The fourth-order valence-electron chi connectivity index (χ4n) is 2.37. The summed E-state index contributed by atoms with van der Waals surface area (Å²) in [4.78, 5) is 11.0. The second-order valence-electron chi connectivity index (χ2n) is 4.10. The number of carbonyl (C=O) groups excluding carboxylic acids is 1. The predicted molar refractivity (Wildman–Crippen MR) is 62.7 cm³/mol. The molecule has 0 unspecified atom stereocenters. The SMILES string of the molecule is CCc1cccc2c(C=O)c(C(F)(F)F)n(C)c12. The molecule has 0 aliphatic carbocycles. The Morgan fingerprint density at radius 3 is 2.50 bits per heavy atom. The van der Waals surface area contributed by atoms with Gasteiger partial charge in [-0.25, -0.2) is 0 Å². The third-order valence-electron chi connectivity index (χ3n) is 3.10. The molecule has 5 heteroatoms. The second kappa shape index (κ2) is 4.15. The van der Waals surface area contributed by atoms with Crippen LogP contribution >= 0.6 is 0 Å². The zero-order chi connectivity index (χ0) is 13.5. The topological polar surface area (TPSA) is 22.0 Å². The van der Waals surface area contributed by atoms with E-state index >= 15 is 0 Å². The number of benzene rings is 1. The van der Waals surface area contributed by atoms with Crippen LogP contribution in [0.2, 0.25) is 0 Å². The van der Waals surface area contributed by atoms with Gasteiger partial charge in [-0.1, -0.05) is 25.1 Å². The van der Waals surface area contributed by atoms with E-state index in [9.17, 15) is 18.0 Å². The van der Waals surface area contributed by atoms with Gasteiger partial charge in [0.1, 0.15) is 5.69 Å². The van der Waals surface area contributed by atoms with Crippen molar-refractivity contribution in [2.75, 3.05) is 0 Å². The molecule has 0 atom stereocenters. The molecule has 2 rings (SSSR count). The van der Waals surface area contributed by atoms with Gasteiger partial charge in [0.05, 0.1) is 11.1 Å². The lowest BCUT2D eigenvalue weighted by atomic mass is 10.1. The van der Waals surface area contributed by atoms with E-state index < -0.39 is 11.9 Å². The predicted octanol–water partition coefficient (Wildman–Crippen LogP) is 3.57. The molecule has 0 radical (unpaired) electrons. The summed E-state index contributed by atoms with van der Waals surface area (Å²) in [6.45, 7) is 1.87. The van der Waals surface area contributed by atoms with E-state index in [0.717, 1.165) is 10.1 Å². The molecule has 0 saturated heterocycles. The van der Waals surface area contributed by atoms with Gasteiger partial charge >= 0.3 is 6.18 Å². The highest BCUT2D eigenvalue weighted by Gasteiger charge is 2.38. The summed E-state index contributed by atoms with van der Waals surface area (Å²) in [6.07, 6.45) is -3.63. The minimum atomic E-state index is -4.53. The molecule has 0 saturated carbocycles. The van der Waals surface area contributed by atoms with Crippen LogP contribution in [-0.4, -0.2) is 10.9 Å². The molecule has 2 nitrogen and oxygen atoms in total. The number of aromatic nitrogens is 1. The summed E-state index contributed by atoms with van der Waals surface area (Å²) < 4.78 is 40.0. The first kappa shape index (κ1) is 12.7. The van der Waals surface area contributed by atoms with Crippen LogP contribution < -0.4 is 0 Å². The first-order valence-corrected chi connectivity index (χ1v) is 5.54. The maximum atomic E-state index is 13.0. The average molecular weight is 255 g/mol. The Labute approximate surface area is 102 Å². The number of halogens is 3. The van der Waals surface area contributed by atoms with Gasteiger partial charge in [-0.2, -0.15) is 13.2 Å². The molecule has 2 aromatic rings. The number of aryl methyl sites for hydroxylation is 2. The van der Waals surface area contributed by atoms with Crippen molar-refractivity contribution in [2.24, 2.45) is 7.05 Å². The molecule has 1 aromatic heterocycles. The number of alkyl halides is 3. The highest BCUT2D eigenvalue weighted by Crippen LogP contribution is 2.37. The number of nitrogens with zero attached hydrogens (tertiary/aromatic N) is 1. The Kier molecular flexibility index (Phi) is 2.92. The lowest BCUT2D eigenvalue weighted by Gasteiger charge is -2.10. The van der Waals surface area contributed by atoms with Crippen molar-refractivity contribution in [3.8, 4) is 0 Å².